The average molecular weight is 791 g/mol. The van der Waals surface area contributed by atoms with Gasteiger partial charge in [0.2, 0.25) is 0 Å². The van der Waals surface area contributed by atoms with E-state index in [-0.39, 0.29) is 24.3 Å². The van der Waals surface area contributed by atoms with Gasteiger partial charge in [-0.05, 0) is 70.2 Å². The molecular weight excluding hydrogens is 739 g/mol. The lowest BCUT2D eigenvalue weighted by Crippen LogP contribution is -2.61. The standard InChI is InChI=1S/C34H51IN2O11/c1-12-13-14-37(10)23-15-18(3)44-30(26(23)45-22(7)38)46-28-20(5)25(40)21(6)29(41)47-31(35)34(9)27(36-32(42)48-34)19(4)24(39)17(2)16-33(28,8)43-11/h1,17-21,23,26-28,30-31H,13-16H2,2-11H3,(H,36,42)/t17-,18-,19+,20+,21-,23+,26-,27-,28-,30+,31+,33-,34+/m1/s1. The molecule has 270 valence electrons. The minimum atomic E-state index is -1.39. The summed E-state index contributed by atoms with van der Waals surface area (Å²) in [4.78, 5) is 68.4. The van der Waals surface area contributed by atoms with E-state index in [0.29, 0.717) is 19.4 Å². The number of carbonyl (C=O) groups excluding carboxylic acids is 5. The van der Waals surface area contributed by atoms with Gasteiger partial charge in [-0.3, -0.25) is 24.1 Å². The lowest BCUT2D eigenvalue weighted by molar-refractivity contribution is -0.298. The number of cyclic esters (lactones) is 1. The summed E-state index contributed by atoms with van der Waals surface area (Å²) in [5, 5.41) is 2.72. The van der Waals surface area contributed by atoms with Gasteiger partial charge in [0.1, 0.15) is 11.7 Å². The van der Waals surface area contributed by atoms with Gasteiger partial charge in [0, 0.05) is 44.8 Å². The first kappa shape index (κ1) is 40.1. The molecule has 0 radical (unpaired) electrons. The van der Waals surface area contributed by atoms with E-state index in [9.17, 15) is 24.0 Å². The number of carbonyl (C=O) groups is 5. The maximum atomic E-state index is 14.1. The normalized spacial score (nSPS) is 41.4. The fourth-order valence-corrected chi connectivity index (χ4v) is 7.98. The lowest BCUT2D eigenvalue weighted by Gasteiger charge is -2.48. The van der Waals surface area contributed by atoms with Crippen molar-refractivity contribution in [3.8, 4) is 12.3 Å². The van der Waals surface area contributed by atoms with Crippen LogP contribution in [0, 0.1) is 36.0 Å². The van der Waals surface area contributed by atoms with Crippen LogP contribution in [0.15, 0.2) is 0 Å². The van der Waals surface area contributed by atoms with Crippen molar-refractivity contribution in [2.24, 2.45) is 23.7 Å². The number of fused-ring (bicyclic) bond motifs is 1. The molecule has 14 heteroatoms. The molecule has 0 spiro atoms. The Kier molecular flexibility index (Phi) is 13.5. The summed E-state index contributed by atoms with van der Waals surface area (Å²) in [6, 6.07) is -1.16. The Labute approximate surface area is 297 Å². The zero-order chi connectivity index (χ0) is 36.3. The summed E-state index contributed by atoms with van der Waals surface area (Å²) in [6.45, 7) is 13.6. The Bertz CT molecular complexity index is 1270. The van der Waals surface area contributed by atoms with E-state index in [4.69, 9.17) is 34.8 Å². The molecule has 3 aliphatic rings. The molecule has 0 saturated carbocycles. The van der Waals surface area contributed by atoms with Crippen LogP contribution < -0.4 is 5.32 Å². The number of halogens is 1. The molecule has 48 heavy (non-hydrogen) atoms. The zero-order valence-electron chi connectivity index (χ0n) is 29.6. The molecule has 13 atom stereocenters. The van der Waals surface area contributed by atoms with Crippen LogP contribution in [-0.2, 0) is 47.6 Å². The Balaban J connectivity index is 2.10. The molecule has 0 aromatic carbocycles. The van der Waals surface area contributed by atoms with Crippen LogP contribution in [0.25, 0.3) is 0 Å². The van der Waals surface area contributed by atoms with E-state index in [1.807, 2.05) is 41.5 Å². The molecule has 0 bridgehead atoms. The number of ether oxygens (including phenoxy) is 6. The first-order valence-corrected chi connectivity index (χ1v) is 17.6. The number of nitrogens with zero attached hydrogens (tertiary/aromatic N) is 1. The quantitative estimate of drug-likeness (QED) is 0.100. The average Bonchev–Trinajstić information content (AvgIpc) is 3.35. The highest BCUT2D eigenvalue weighted by Gasteiger charge is 2.57. The van der Waals surface area contributed by atoms with Gasteiger partial charge in [-0.25, -0.2) is 4.79 Å². The summed E-state index contributed by atoms with van der Waals surface area (Å²) in [6.07, 6.45) is 2.43. The largest absolute Gasteiger partial charge is 0.455 e. The fraction of sp³-hybridized carbons (Fsp3) is 0.794. The monoisotopic (exact) mass is 790 g/mol. The van der Waals surface area contributed by atoms with Gasteiger partial charge in [0.25, 0.3) is 0 Å². The van der Waals surface area contributed by atoms with Gasteiger partial charge < -0.3 is 33.7 Å². The van der Waals surface area contributed by atoms with Crippen LogP contribution in [-0.4, -0.2) is 107 Å². The van der Waals surface area contributed by atoms with Crippen LogP contribution >= 0.6 is 22.6 Å². The van der Waals surface area contributed by atoms with Gasteiger partial charge in [-0.1, -0.05) is 20.8 Å². The van der Waals surface area contributed by atoms with Crippen molar-refractivity contribution in [1.82, 2.24) is 10.2 Å². The van der Waals surface area contributed by atoms with E-state index in [1.165, 1.54) is 21.0 Å². The van der Waals surface area contributed by atoms with E-state index < -0.39 is 87.3 Å². The number of methoxy groups -OCH3 is 1. The predicted octanol–water partition coefficient (Wildman–Crippen LogP) is 3.42. The minimum Gasteiger partial charge on any atom is -0.455 e. The number of rotatable bonds is 7. The first-order valence-electron chi connectivity index (χ1n) is 16.4. The Morgan fingerprint density at radius 1 is 1.10 bits per heavy atom. The maximum absolute atomic E-state index is 14.1. The summed E-state index contributed by atoms with van der Waals surface area (Å²) >= 11 is 1.85. The van der Waals surface area contributed by atoms with Crippen LogP contribution in [0.4, 0.5) is 4.79 Å². The molecule has 13 nitrogen and oxygen atoms in total. The fourth-order valence-electron chi connectivity index (χ4n) is 7.22. The number of terminal acetylenes is 1. The van der Waals surface area contributed by atoms with Gasteiger partial charge in [0.05, 0.1) is 29.9 Å². The summed E-state index contributed by atoms with van der Waals surface area (Å²) in [7, 11) is 3.34. The second-order valence-electron chi connectivity index (χ2n) is 13.9. The highest BCUT2D eigenvalue weighted by Crippen LogP contribution is 2.41. The molecule has 0 aromatic heterocycles. The number of likely N-dealkylation sites (N-methyl/N-ethyl adjacent to an activating group) is 1. The molecular formula is C34H51IN2O11. The molecule has 3 heterocycles. The Hall–Kier alpha value is -2.32. The van der Waals surface area contributed by atoms with E-state index >= 15 is 0 Å². The number of amides is 1. The van der Waals surface area contributed by atoms with Crippen LogP contribution in [0.1, 0.15) is 74.7 Å². The number of hydrogen-bond donors (Lipinski definition) is 1. The molecule has 3 fully saturated rings. The second-order valence-corrected chi connectivity index (χ2v) is 15.0. The van der Waals surface area contributed by atoms with Crippen LogP contribution in [0.5, 0.6) is 0 Å². The second kappa shape index (κ2) is 16.1. The van der Waals surface area contributed by atoms with Crippen molar-refractivity contribution < 1.29 is 52.4 Å². The van der Waals surface area contributed by atoms with Crippen molar-refractivity contribution in [2.45, 2.75) is 127 Å². The number of alkyl carbamates (subject to hydrolysis) is 1. The number of nitrogens with one attached hydrogen (secondary N) is 1. The molecule has 1 N–H and O–H groups in total. The molecule has 3 saturated heterocycles. The van der Waals surface area contributed by atoms with Crippen molar-refractivity contribution in [1.29, 1.82) is 0 Å². The summed E-state index contributed by atoms with van der Waals surface area (Å²) in [5.74, 6) is -3.06. The minimum absolute atomic E-state index is 0.103. The van der Waals surface area contributed by atoms with E-state index in [0.717, 1.165) is 0 Å². The SMILES string of the molecule is C#CCCN(C)[C@H]1C[C@@H](C)O[C@@H](O[C@@H]2[C@@H](C)C(=O)[C@@H](C)C(=O)O[C@H](I)[C@@]3(C)OC(=O)N[C@@H]3[C@@H](C)C(=O)[C@H](C)C[C@@]2(C)OC)[C@@H]1OC(C)=O. The predicted molar refractivity (Wildman–Crippen MR) is 182 cm³/mol. The Morgan fingerprint density at radius 3 is 2.33 bits per heavy atom. The van der Waals surface area contributed by atoms with Crippen molar-refractivity contribution in [3.05, 3.63) is 0 Å². The number of alkyl halides is 1. The van der Waals surface area contributed by atoms with Crippen LogP contribution in [0.2, 0.25) is 0 Å². The highest BCUT2D eigenvalue weighted by molar-refractivity contribution is 14.1. The number of esters is 2. The van der Waals surface area contributed by atoms with E-state index in [2.05, 4.69) is 11.2 Å². The summed E-state index contributed by atoms with van der Waals surface area (Å²) in [5.41, 5.74) is -2.68. The van der Waals surface area contributed by atoms with Crippen molar-refractivity contribution in [2.75, 3.05) is 20.7 Å². The number of ketones is 2. The van der Waals surface area contributed by atoms with Crippen LogP contribution in [0.3, 0.4) is 0 Å². The van der Waals surface area contributed by atoms with E-state index in [1.54, 1.807) is 34.6 Å². The summed E-state index contributed by atoms with van der Waals surface area (Å²) < 4.78 is 35.2. The number of hydrogen-bond acceptors (Lipinski definition) is 12. The highest BCUT2D eigenvalue weighted by atomic mass is 127. The van der Waals surface area contributed by atoms with Gasteiger partial charge in [0.15, 0.2) is 27.9 Å². The molecule has 0 aliphatic carbocycles. The van der Waals surface area contributed by atoms with Gasteiger partial charge in [-0.15, -0.1) is 12.3 Å². The van der Waals surface area contributed by atoms with Crippen molar-refractivity contribution >= 4 is 52.2 Å². The third-order valence-electron chi connectivity index (χ3n) is 10.1. The van der Waals surface area contributed by atoms with Gasteiger partial charge >= 0.3 is 18.0 Å². The molecule has 0 aromatic rings. The number of Topliss-reactive ketones (excluding diaryl/α,β-unsaturated/α-hetero) is 2. The topological polar surface area (TPSA) is 156 Å². The maximum Gasteiger partial charge on any atom is 0.408 e. The lowest BCUT2D eigenvalue weighted by atomic mass is 9.74. The van der Waals surface area contributed by atoms with Gasteiger partial charge in [-0.2, -0.15) is 0 Å². The molecule has 3 rings (SSSR count). The third kappa shape index (κ3) is 8.51. The first-order chi connectivity index (χ1) is 22.3. The van der Waals surface area contributed by atoms with Crippen molar-refractivity contribution in [3.63, 3.8) is 0 Å². The molecule has 1 amide bonds. The molecule has 0 unspecified atom stereocenters. The smallest absolute Gasteiger partial charge is 0.408 e. The molecule has 3 aliphatic heterocycles. The zero-order valence-corrected chi connectivity index (χ0v) is 31.7. The third-order valence-corrected chi connectivity index (χ3v) is 11.6. The Morgan fingerprint density at radius 2 is 1.75 bits per heavy atom.